The van der Waals surface area contributed by atoms with E-state index in [9.17, 15) is 14.7 Å². The molecule has 170 valence electrons. The van der Waals surface area contributed by atoms with Gasteiger partial charge in [-0.05, 0) is 47.7 Å². The van der Waals surface area contributed by atoms with E-state index in [1.807, 2.05) is 62.4 Å². The van der Waals surface area contributed by atoms with E-state index in [-0.39, 0.29) is 25.0 Å². The Morgan fingerprint density at radius 1 is 0.909 bits per heavy atom. The molecule has 0 radical (unpaired) electrons. The minimum absolute atomic E-state index is 0.0514. The van der Waals surface area contributed by atoms with Gasteiger partial charge in [-0.2, -0.15) is 0 Å². The lowest BCUT2D eigenvalue weighted by Gasteiger charge is -2.19. The van der Waals surface area contributed by atoms with Crippen LogP contribution in [0.3, 0.4) is 0 Å². The fraction of sp³-hybridized carbons (Fsp3) is 0.259. The number of aliphatic carboxylic acids is 1. The van der Waals surface area contributed by atoms with E-state index in [1.54, 1.807) is 12.1 Å². The summed E-state index contributed by atoms with van der Waals surface area (Å²) in [6.45, 7) is 3.93. The second kappa shape index (κ2) is 9.77. The largest absolute Gasteiger partial charge is 0.491 e. The van der Waals surface area contributed by atoms with Crippen LogP contribution in [0.5, 0.6) is 5.75 Å². The number of nitrogens with one attached hydrogen (secondary N) is 1. The molecule has 1 atom stereocenters. The molecule has 0 saturated heterocycles. The van der Waals surface area contributed by atoms with Gasteiger partial charge in [-0.3, -0.25) is 0 Å². The molecule has 0 heterocycles. The highest BCUT2D eigenvalue weighted by Gasteiger charge is 2.30. The summed E-state index contributed by atoms with van der Waals surface area (Å²) in [5, 5.41) is 12.2. The molecule has 0 aliphatic heterocycles. The summed E-state index contributed by atoms with van der Waals surface area (Å²) in [5.74, 6) is -0.623. The lowest BCUT2D eigenvalue weighted by molar-refractivity contribution is -0.139. The summed E-state index contributed by atoms with van der Waals surface area (Å²) in [6.07, 6.45) is -0.723. The van der Waals surface area contributed by atoms with Crippen LogP contribution in [0, 0.1) is 0 Å². The Labute approximate surface area is 193 Å². The molecule has 1 aliphatic carbocycles. The zero-order chi connectivity index (χ0) is 23.4. The Kier molecular flexibility index (Phi) is 6.63. The number of amides is 1. The Morgan fingerprint density at radius 2 is 1.48 bits per heavy atom. The van der Waals surface area contributed by atoms with Crippen molar-refractivity contribution in [2.75, 3.05) is 6.61 Å². The number of hydrogen-bond donors (Lipinski definition) is 2. The molecule has 0 aromatic heterocycles. The van der Waals surface area contributed by atoms with E-state index in [4.69, 9.17) is 9.47 Å². The second-order valence-electron chi connectivity index (χ2n) is 8.34. The summed E-state index contributed by atoms with van der Waals surface area (Å²) >= 11 is 0. The number of hydrogen-bond acceptors (Lipinski definition) is 4. The monoisotopic (exact) mass is 445 g/mol. The SMILES string of the molecule is CC(C)Oc1ccccc1CC(NC(=O)OCC1c2ccccc2-c2ccccc21)C(=O)O. The molecule has 2 N–H and O–H groups in total. The quantitative estimate of drug-likeness (QED) is 0.509. The van der Waals surface area contributed by atoms with Gasteiger partial charge in [0.15, 0.2) is 0 Å². The van der Waals surface area contributed by atoms with Gasteiger partial charge < -0.3 is 19.9 Å². The number of carbonyl (C=O) groups is 2. The van der Waals surface area contributed by atoms with Gasteiger partial charge in [0.2, 0.25) is 0 Å². The minimum atomic E-state index is -1.14. The number of ether oxygens (including phenoxy) is 2. The molecule has 4 rings (SSSR count). The maximum Gasteiger partial charge on any atom is 0.407 e. The summed E-state index contributed by atoms with van der Waals surface area (Å²) < 4.78 is 11.3. The third-order valence-corrected chi connectivity index (χ3v) is 5.69. The molecule has 6 heteroatoms. The molecule has 0 saturated carbocycles. The normalized spacial score (nSPS) is 13.2. The summed E-state index contributed by atoms with van der Waals surface area (Å²) in [7, 11) is 0. The van der Waals surface area contributed by atoms with Crippen molar-refractivity contribution in [1.82, 2.24) is 5.32 Å². The smallest absolute Gasteiger partial charge is 0.407 e. The number of para-hydroxylation sites is 1. The number of benzene rings is 3. The van der Waals surface area contributed by atoms with E-state index in [2.05, 4.69) is 17.4 Å². The molecule has 3 aromatic rings. The highest BCUT2D eigenvalue weighted by atomic mass is 16.5. The lowest BCUT2D eigenvalue weighted by Crippen LogP contribution is -2.43. The van der Waals surface area contributed by atoms with Crippen molar-refractivity contribution in [2.24, 2.45) is 0 Å². The average Bonchev–Trinajstić information content (AvgIpc) is 3.12. The van der Waals surface area contributed by atoms with Crippen LogP contribution in [0.1, 0.15) is 36.5 Å². The summed E-state index contributed by atoms with van der Waals surface area (Å²) in [4.78, 5) is 24.4. The molecule has 33 heavy (non-hydrogen) atoms. The van der Waals surface area contributed by atoms with Crippen molar-refractivity contribution < 1.29 is 24.2 Å². The third kappa shape index (κ3) is 5.00. The fourth-order valence-electron chi connectivity index (χ4n) is 4.24. The number of carbonyl (C=O) groups excluding carboxylic acids is 1. The predicted octanol–water partition coefficient (Wildman–Crippen LogP) is 5.01. The van der Waals surface area contributed by atoms with Crippen molar-refractivity contribution in [3.63, 3.8) is 0 Å². The lowest BCUT2D eigenvalue weighted by atomic mass is 9.98. The third-order valence-electron chi connectivity index (χ3n) is 5.69. The predicted molar refractivity (Wildman–Crippen MR) is 126 cm³/mol. The minimum Gasteiger partial charge on any atom is -0.491 e. The van der Waals surface area contributed by atoms with Crippen molar-refractivity contribution in [3.05, 3.63) is 89.5 Å². The van der Waals surface area contributed by atoms with Crippen molar-refractivity contribution in [2.45, 2.75) is 38.3 Å². The number of fused-ring (bicyclic) bond motifs is 3. The van der Waals surface area contributed by atoms with Gasteiger partial charge in [0.25, 0.3) is 0 Å². The van der Waals surface area contributed by atoms with E-state index < -0.39 is 18.1 Å². The highest BCUT2D eigenvalue weighted by molar-refractivity contribution is 5.81. The molecular weight excluding hydrogens is 418 g/mol. The van der Waals surface area contributed by atoms with Gasteiger partial charge in [0.1, 0.15) is 18.4 Å². The highest BCUT2D eigenvalue weighted by Crippen LogP contribution is 2.44. The van der Waals surface area contributed by atoms with Gasteiger partial charge >= 0.3 is 12.1 Å². The van der Waals surface area contributed by atoms with Crippen LogP contribution in [0.25, 0.3) is 11.1 Å². The fourth-order valence-corrected chi connectivity index (χ4v) is 4.24. The van der Waals surface area contributed by atoms with E-state index in [1.165, 1.54) is 0 Å². The van der Waals surface area contributed by atoms with Crippen LogP contribution in [-0.4, -0.2) is 35.9 Å². The van der Waals surface area contributed by atoms with Gasteiger partial charge in [-0.25, -0.2) is 9.59 Å². The Hall–Kier alpha value is -3.80. The van der Waals surface area contributed by atoms with Crippen LogP contribution in [-0.2, 0) is 16.0 Å². The first kappa shape index (κ1) is 22.4. The molecule has 0 fully saturated rings. The van der Waals surface area contributed by atoms with Gasteiger partial charge in [-0.15, -0.1) is 0 Å². The first-order valence-corrected chi connectivity index (χ1v) is 11.0. The van der Waals surface area contributed by atoms with Gasteiger partial charge in [-0.1, -0.05) is 66.7 Å². The van der Waals surface area contributed by atoms with Crippen LogP contribution in [0.15, 0.2) is 72.8 Å². The van der Waals surface area contributed by atoms with Crippen LogP contribution in [0.2, 0.25) is 0 Å². The molecule has 6 nitrogen and oxygen atoms in total. The molecule has 0 bridgehead atoms. The standard InChI is InChI=1S/C27H27NO5/c1-17(2)33-25-14-8-3-9-18(25)15-24(26(29)30)28-27(31)32-16-23-21-12-6-4-10-19(21)20-11-5-7-13-22(20)23/h3-14,17,23-24H,15-16H2,1-2H3,(H,28,31)(H,29,30). The average molecular weight is 446 g/mol. The zero-order valence-electron chi connectivity index (χ0n) is 18.7. The van der Waals surface area contributed by atoms with Crippen LogP contribution in [0.4, 0.5) is 4.79 Å². The number of carboxylic acid groups (broad SMARTS) is 1. The van der Waals surface area contributed by atoms with Crippen molar-refractivity contribution in [3.8, 4) is 16.9 Å². The molecule has 3 aromatic carbocycles. The number of rotatable bonds is 8. The maximum absolute atomic E-state index is 12.6. The number of carboxylic acids is 1. The summed E-state index contributed by atoms with van der Waals surface area (Å²) in [6, 6.07) is 22.2. The van der Waals surface area contributed by atoms with Crippen LogP contribution >= 0.6 is 0 Å². The van der Waals surface area contributed by atoms with Gasteiger partial charge in [0.05, 0.1) is 6.10 Å². The van der Waals surface area contributed by atoms with Crippen molar-refractivity contribution >= 4 is 12.1 Å². The Bertz CT molecular complexity index is 1110. The number of alkyl carbamates (subject to hydrolysis) is 1. The van der Waals surface area contributed by atoms with E-state index >= 15 is 0 Å². The zero-order valence-corrected chi connectivity index (χ0v) is 18.7. The van der Waals surface area contributed by atoms with E-state index in [0.717, 1.165) is 22.3 Å². The molecule has 1 unspecified atom stereocenters. The molecule has 1 amide bonds. The Morgan fingerprint density at radius 3 is 2.09 bits per heavy atom. The first-order valence-electron chi connectivity index (χ1n) is 11.0. The van der Waals surface area contributed by atoms with Gasteiger partial charge in [0, 0.05) is 12.3 Å². The van der Waals surface area contributed by atoms with Crippen LogP contribution < -0.4 is 10.1 Å². The topological polar surface area (TPSA) is 84.9 Å². The van der Waals surface area contributed by atoms with E-state index in [0.29, 0.717) is 11.3 Å². The van der Waals surface area contributed by atoms with Crippen molar-refractivity contribution in [1.29, 1.82) is 0 Å². The molecule has 1 aliphatic rings. The molecule has 0 spiro atoms. The first-order chi connectivity index (χ1) is 15.9. The summed E-state index contributed by atoms with van der Waals surface area (Å²) in [5.41, 5.74) is 5.17. The maximum atomic E-state index is 12.6. The Balaban J connectivity index is 1.43. The molecular formula is C27H27NO5. The second-order valence-corrected chi connectivity index (χ2v) is 8.34.